The first-order chi connectivity index (χ1) is 10.8. The molecule has 1 heterocycles. The second-order valence-corrected chi connectivity index (χ2v) is 5.48. The molecule has 3 nitrogen and oxygen atoms in total. The van der Waals surface area contributed by atoms with Gasteiger partial charge in [0.25, 0.3) is 0 Å². The number of hydrogen-bond donors (Lipinski definition) is 0. The molecule has 0 saturated carbocycles. The predicted molar refractivity (Wildman–Crippen MR) is 88.8 cm³/mol. The van der Waals surface area contributed by atoms with E-state index in [2.05, 4.69) is 40.8 Å². The zero-order valence-electron chi connectivity index (χ0n) is 11.9. The lowest BCUT2D eigenvalue weighted by atomic mass is 9.97. The van der Waals surface area contributed by atoms with Gasteiger partial charge in [-0.1, -0.05) is 60.6 Å². The smallest absolute Gasteiger partial charge is 0.115 e. The van der Waals surface area contributed by atoms with Gasteiger partial charge < -0.3 is 4.74 Å². The fourth-order valence-corrected chi connectivity index (χ4v) is 2.53. The molecule has 0 fully saturated rings. The van der Waals surface area contributed by atoms with E-state index in [1.807, 2.05) is 18.2 Å². The third kappa shape index (κ3) is 3.16. The number of ether oxygens (including phenoxy) is 1. The van der Waals surface area contributed by atoms with E-state index in [-0.39, 0.29) is 12.7 Å². The Hall–Kier alpha value is -2.23. The molecule has 0 saturated heterocycles. The molecule has 2 aromatic carbocycles. The van der Waals surface area contributed by atoms with Crippen LogP contribution < -0.4 is 0 Å². The molecule has 0 spiro atoms. The Morgan fingerprint density at radius 3 is 2.59 bits per heavy atom. The highest BCUT2D eigenvalue weighted by Gasteiger charge is 2.18. The van der Waals surface area contributed by atoms with Crippen molar-refractivity contribution in [3.05, 3.63) is 83.9 Å². The highest BCUT2D eigenvalue weighted by molar-refractivity contribution is 6.29. The van der Waals surface area contributed by atoms with E-state index < -0.39 is 0 Å². The molecule has 0 aliphatic carbocycles. The maximum absolute atomic E-state index is 5.97. The fraction of sp³-hybridized carbons (Fsp3) is 0.111. The van der Waals surface area contributed by atoms with Crippen molar-refractivity contribution in [3.8, 4) is 0 Å². The second-order valence-electron chi connectivity index (χ2n) is 4.95. The van der Waals surface area contributed by atoms with Crippen LogP contribution in [0.5, 0.6) is 0 Å². The van der Waals surface area contributed by atoms with E-state index in [4.69, 9.17) is 16.3 Å². The Labute approximate surface area is 134 Å². The first kappa shape index (κ1) is 14.7. The molecule has 4 heteroatoms. The summed E-state index contributed by atoms with van der Waals surface area (Å²) in [5, 5.41) is 2.76. The van der Waals surface area contributed by atoms with Gasteiger partial charge in [0.1, 0.15) is 12.4 Å². The Morgan fingerprint density at radius 1 is 1.09 bits per heavy atom. The Morgan fingerprint density at radius 2 is 1.82 bits per heavy atom. The van der Waals surface area contributed by atoms with Gasteiger partial charge in [-0.3, -0.25) is 0 Å². The van der Waals surface area contributed by atoms with Gasteiger partial charge in [0, 0.05) is 23.0 Å². The van der Waals surface area contributed by atoms with Crippen LogP contribution in [0.3, 0.4) is 0 Å². The summed E-state index contributed by atoms with van der Waals surface area (Å²) in [7, 11) is 0. The van der Waals surface area contributed by atoms with Crippen molar-refractivity contribution >= 4 is 22.4 Å². The molecule has 3 aromatic rings. The van der Waals surface area contributed by atoms with Crippen molar-refractivity contribution in [2.24, 2.45) is 0 Å². The van der Waals surface area contributed by atoms with Crippen LogP contribution in [0.25, 0.3) is 10.8 Å². The van der Waals surface area contributed by atoms with Gasteiger partial charge in [-0.25, -0.2) is 9.97 Å². The fourth-order valence-electron chi connectivity index (χ4n) is 2.46. The van der Waals surface area contributed by atoms with Gasteiger partial charge in [0.15, 0.2) is 0 Å². The molecule has 0 aliphatic rings. The molecular formula is C18H15ClN2O. The van der Waals surface area contributed by atoms with Crippen LogP contribution in [0, 0.1) is 0 Å². The summed E-state index contributed by atoms with van der Waals surface area (Å²) in [4.78, 5) is 8.18. The predicted octanol–water partition coefficient (Wildman–Crippen LogP) is 4.49. The summed E-state index contributed by atoms with van der Waals surface area (Å²) in [5.74, 6) is 0. The van der Waals surface area contributed by atoms with Crippen molar-refractivity contribution in [2.45, 2.75) is 6.10 Å². The number of fused-ring (bicyclic) bond motifs is 1. The molecule has 3 rings (SSSR count). The van der Waals surface area contributed by atoms with Crippen molar-refractivity contribution in [1.29, 1.82) is 0 Å². The average Bonchev–Trinajstić information content (AvgIpc) is 2.56. The highest BCUT2D eigenvalue weighted by atomic mass is 35.5. The van der Waals surface area contributed by atoms with E-state index in [0.29, 0.717) is 5.03 Å². The van der Waals surface area contributed by atoms with Crippen molar-refractivity contribution in [3.63, 3.8) is 0 Å². The summed E-state index contributed by atoms with van der Waals surface area (Å²) < 4.78 is 5.97. The second kappa shape index (κ2) is 6.69. The molecule has 0 bridgehead atoms. The van der Waals surface area contributed by atoms with Crippen LogP contribution >= 0.6 is 11.6 Å². The molecular weight excluding hydrogens is 296 g/mol. The topological polar surface area (TPSA) is 35.0 Å². The molecule has 1 atom stereocenters. The maximum atomic E-state index is 5.97. The van der Waals surface area contributed by atoms with Crippen LogP contribution in [0.2, 0.25) is 0 Å². The molecule has 110 valence electrons. The zero-order chi connectivity index (χ0) is 15.4. The minimum atomic E-state index is -0.289. The molecule has 22 heavy (non-hydrogen) atoms. The van der Waals surface area contributed by atoms with Crippen molar-refractivity contribution in [1.82, 2.24) is 9.97 Å². The summed E-state index contributed by atoms with van der Waals surface area (Å²) in [6.45, 7) is 3.95. The summed E-state index contributed by atoms with van der Waals surface area (Å²) >= 11 is 5.86. The van der Waals surface area contributed by atoms with Gasteiger partial charge in [0.05, 0.1) is 6.61 Å². The van der Waals surface area contributed by atoms with E-state index in [0.717, 1.165) is 21.9 Å². The minimum Gasteiger partial charge on any atom is -0.363 e. The summed E-state index contributed by atoms with van der Waals surface area (Å²) in [6.07, 6.45) is 4.74. The summed E-state index contributed by atoms with van der Waals surface area (Å²) in [5.41, 5.74) is 1.95. The van der Waals surface area contributed by atoms with Gasteiger partial charge in [-0.2, -0.15) is 0 Å². The van der Waals surface area contributed by atoms with Gasteiger partial charge >= 0.3 is 0 Å². The molecule has 0 N–H and O–H groups in total. The largest absolute Gasteiger partial charge is 0.363 e. The number of rotatable bonds is 5. The highest BCUT2D eigenvalue weighted by Crippen LogP contribution is 2.31. The third-order valence-electron chi connectivity index (χ3n) is 3.40. The molecule has 1 unspecified atom stereocenters. The monoisotopic (exact) mass is 310 g/mol. The third-order valence-corrected chi connectivity index (χ3v) is 3.50. The van der Waals surface area contributed by atoms with Crippen LogP contribution in [0.1, 0.15) is 17.2 Å². The van der Waals surface area contributed by atoms with Gasteiger partial charge in [-0.15, -0.1) is 0 Å². The van der Waals surface area contributed by atoms with Gasteiger partial charge in [0.2, 0.25) is 0 Å². The summed E-state index contributed by atoms with van der Waals surface area (Å²) in [6, 6.07) is 14.4. The minimum absolute atomic E-state index is 0.268. The van der Waals surface area contributed by atoms with Crippen molar-refractivity contribution < 1.29 is 4.74 Å². The lowest BCUT2D eigenvalue weighted by Crippen LogP contribution is -2.09. The number of benzene rings is 2. The molecule has 1 aromatic heterocycles. The maximum Gasteiger partial charge on any atom is 0.115 e. The van der Waals surface area contributed by atoms with Crippen LogP contribution in [0.4, 0.5) is 0 Å². The van der Waals surface area contributed by atoms with Gasteiger partial charge in [-0.05, 0) is 16.3 Å². The zero-order valence-corrected chi connectivity index (χ0v) is 12.7. The number of aromatic nitrogens is 2. The lowest BCUT2D eigenvalue weighted by molar-refractivity contribution is 0.103. The number of halogens is 1. The normalized spacial score (nSPS) is 12.2. The first-order valence-corrected chi connectivity index (χ1v) is 7.31. The van der Waals surface area contributed by atoms with E-state index in [1.165, 1.54) is 6.33 Å². The number of hydrogen-bond acceptors (Lipinski definition) is 3. The van der Waals surface area contributed by atoms with E-state index in [9.17, 15) is 0 Å². The van der Waals surface area contributed by atoms with E-state index >= 15 is 0 Å². The Bertz CT molecular complexity index is 784. The first-order valence-electron chi connectivity index (χ1n) is 6.93. The van der Waals surface area contributed by atoms with Crippen LogP contribution in [0.15, 0.2) is 72.8 Å². The molecule has 0 radical (unpaired) electrons. The van der Waals surface area contributed by atoms with Crippen molar-refractivity contribution in [2.75, 3.05) is 6.61 Å². The number of nitrogens with zero attached hydrogens (tertiary/aromatic N) is 2. The molecule has 0 amide bonds. The Kier molecular flexibility index (Phi) is 4.47. The van der Waals surface area contributed by atoms with E-state index in [1.54, 1.807) is 12.4 Å². The van der Waals surface area contributed by atoms with Crippen LogP contribution in [-0.2, 0) is 4.74 Å². The molecule has 0 aliphatic heterocycles. The average molecular weight is 311 g/mol. The standard InChI is InChI=1S/C18H15ClN2O/c1-13(19)11-22-18(15-9-20-12-21-10-15)17-8-4-6-14-5-2-3-7-16(14)17/h2-10,12,18H,1,11H2. The van der Waals surface area contributed by atoms with Crippen LogP contribution in [-0.4, -0.2) is 16.6 Å². The SMILES string of the molecule is C=C(Cl)COC(c1cncnc1)c1cccc2ccccc12. The quantitative estimate of drug-likeness (QED) is 0.696. The lowest BCUT2D eigenvalue weighted by Gasteiger charge is -2.20. The Balaban J connectivity index is 2.09.